The molecular formula is C21H20N2O4S. The smallest absolute Gasteiger partial charge is 0.255 e. The number of anilines is 1. The first-order valence-electron chi connectivity index (χ1n) is 9.12. The SMILES string of the molecule is O=C(NCc1ccco1)c1c(-c2ccccc2)csc1NC(=O)[C@@H]1CCCO1. The van der Waals surface area contributed by atoms with E-state index in [4.69, 9.17) is 9.15 Å². The lowest BCUT2D eigenvalue weighted by molar-refractivity contribution is -0.124. The second-order valence-electron chi connectivity index (χ2n) is 6.47. The van der Waals surface area contributed by atoms with Crippen molar-refractivity contribution in [1.82, 2.24) is 5.32 Å². The van der Waals surface area contributed by atoms with Gasteiger partial charge in [0.2, 0.25) is 0 Å². The van der Waals surface area contributed by atoms with Crippen molar-refractivity contribution in [1.29, 1.82) is 0 Å². The summed E-state index contributed by atoms with van der Waals surface area (Å²) in [5.74, 6) is 0.188. The average Bonchev–Trinajstić information content (AvgIpc) is 3.48. The summed E-state index contributed by atoms with van der Waals surface area (Å²) in [6.07, 6.45) is 2.67. The molecule has 3 heterocycles. The molecule has 0 radical (unpaired) electrons. The number of nitrogens with one attached hydrogen (secondary N) is 2. The Kier molecular flexibility index (Phi) is 5.55. The van der Waals surface area contributed by atoms with E-state index in [0.717, 1.165) is 17.5 Å². The van der Waals surface area contributed by atoms with Crippen LogP contribution in [0.4, 0.5) is 5.00 Å². The Labute approximate surface area is 166 Å². The minimum atomic E-state index is -0.457. The molecule has 1 fully saturated rings. The maximum Gasteiger partial charge on any atom is 0.255 e. The molecule has 1 saturated heterocycles. The Bertz CT molecular complexity index is 944. The number of thiophene rings is 1. The Balaban J connectivity index is 1.60. The molecule has 144 valence electrons. The van der Waals surface area contributed by atoms with Gasteiger partial charge in [0.25, 0.3) is 11.8 Å². The molecule has 2 N–H and O–H groups in total. The first-order chi connectivity index (χ1) is 13.7. The number of ether oxygens (including phenoxy) is 1. The van der Waals surface area contributed by atoms with E-state index in [1.807, 2.05) is 35.7 Å². The Hall–Kier alpha value is -2.90. The van der Waals surface area contributed by atoms with Crippen LogP contribution in [0.25, 0.3) is 11.1 Å². The fourth-order valence-corrected chi connectivity index (χ4v) is 4.12. The van der Waals surface area contributed by atoms with E-state index in [1.165, 1.54) is 11.3 Å². The predicted octanol–water partition coefficient (Wildman–Crippen LogP) is 4.06. The normalized spacial score (nSPS) is 16.1. The van der Waals surface area contributed by atoms with E-state index in [9.17, 15) is 9.59 Å². The second kappa shape index (κ2) is 8.41. The average molecular weight is 396 g/mol. The molecule has 0 unspecified atom stereocenters. The van der Waals surface area contributed by atoms with Gasteiger partial charge in [-0.15, -0.1) is 11.3 Å². The number of rotatable bonds is 6. The van der Waals surface area contributed by atoms with E-state index in [-0.39, 0.29) is 18.4 Å². The van der Waals surface area contributed by atoms with Crippen molar-refractivity contribution in [2.24, 2.45) is 0 Å². The number of amides is 2. The summed E-state index contributed by atoms with van der Waals surface area (Å²) in [6.45, 7) is 0.864. The van der Waals surface area contributed by atoms with Crippen LogP contribution < -0.4 is 10.6 Å². The van der Waals surface area contributed by atoms with Gasteiger partial charge in [-0.3, -0.25) is 9.59 Å². The van der Waals surface area contributed by atoms with Gasteiger partial charge in [0.1, 0.15) is 16.9 Å². The maximum atomic E-state index is 13.0. The standard InChI is InChI=1S/C21H20N2O4S/c24-19(17-9-5-11-27-17)23-21-18(20(25)22-12-15-8-4-10-26-15)16(13-28-21)14-6-2-1-3-7-14/h1-4,6-8,10,13,17H,5,9,11-12H2,(H,22,25)(H,23,24)/t17-/m0/s1. The van der Waals surface area contributed by atoms with Crippen molar-refractivity contribution in [2.45, 2.75) is 25.5 Å². The van der Waals surface area contributed by atoms with Crippen LogP contribution in [0.1, 0.15) is 29.0 Å². The van der Waals surface area contributed by atoms with Crippen molar-refractivity contribution < 1.29 is 18.7 Å². The number of carbonyl (C=O) groups excluding carboxylic acids is 2. The summed E-state index contributed by atoms with van der Waals surface area (Å²) in [5, 5.41) is 8.17. The van der Waals surface area contributed by atoms with Gasteiger partial charge in [0.15, 0.2) is 0 Å². The fourth-order valence-electron chi connectivity index (χ4n) is 3.15. The Morgan fingerprint density at radius 2 is 2.00 bits per heavy atom. The Morgan fingerprint density at radius 1 is 1.14 bits per heavy atom. The molecule has 2 amide bonds. The largest absolute Gasteiger partial charge is 0.467 e. The van der Waals surface area contributed by atoms with Gasteiger partial charge >= 0.3 is 0 Å². The zero-order chi connectivity index (χ0) is 19.3. The van der Waals surface area contributed by atoms with Gasteiger partial charge in [0, 0.05) is 17.6 Å². The minimum Gasteiger partial charge on any atom is -0.467 e. The Morgan fingerprint density at radius 3 is 2.71 bits per heavy atom. The van der Waals surface area contributed by atoms with E-state index < -0.39 is 6.10 Å². The van der Waals surface area contributed by atoms with Crippen molar-refractivity contribution in [3.8, 4) is 11.1 Å². The van der Waals surface area contributed by atoms with E-state index in [1.54, 1.807) is 18.4 Å². The van der Waals surface area contributed by atoms with Crippen LogP contribution in [0.3, 0.4) is 0 Å². The number of furan rings is 1. The fraction of sp³-hybridized carbons (Fsp3) is 0.238. The topological polar surface area (TPSA) is 80.6 Å². The molecule has 7 heteroatoms. The summed E-state index contributed by atoms with van der Waals surface area (Å²) in [6, 6.07) is 13.2. The number of hydrogen-bond donors (Lipinski definition) is 2. The summed E-state index contributed by atoms with van der Waals surface area (Å²) in [7, 11) is 0. The second-order valence-corrected chi connectivity index (χ2v) is 7.35. The third-order valence-electron chi connectivity index (χ3n) is 4.57. The van der Waals surface area contributed by atoms with Crippen LogP contribution in [0.2, 0.25) is 0 Å². The molecule has 0 bridgehead atoms. The molecule has 1 aliphatic rings. The maximum absolute atomic E-state index is 13.0. The molecule has 0 aliphatic carbocycles. The summed E-state index contributed by atoms with van der Waals surface area (Å²) in [4.78, 5) is 25.5. The molecule has 0 saturated carbocycles. The van der Waals surface area contributed by atoms with E-state index in [0.29, 0.717) is 29.4 Å². The third-order valence-corrected chi connectivity index (χ3v) is 5.46. The lowest BCUT2D eigenvalue weighted by Crippen LogP contribution is -2.28. The first-order valence-corrected chi connectivity index (χ1v) is 10.0. The molecule has 4 rings (SSSR count). The zero-order valence-corrected chi connectivity index (χ0v) is 16.0. The zero-order valence-electron chi connectivity index (χ0n) is 15.1. The van der Waals surface area contributed by atoms with Gasteiger partial charge in [-0.25, -0.2) is 0 Å². The molecule has 1 atom stereocenters. The van der Waals surface area contributed by atoms with Crippen LogP contribution in [0.5, 0.6) is 0 Å². The highest BCUT2D eigenvalue weighted by molar-refractivity contribution is 7.15. The van der Waals surface area contributed by atoms with Gasteiger partial charge in [0.05, 0.1) is 18.4 Å². The van der Waals surface area contributed by atoms with Crippen molar-refractivity contribution in [2.75, 3.05) is 11.9 Å². The number of hydrogen-bond acceptors (Lipinski definition) is 5. The number of benzene rings is 1. The van der Waals surface area contributed by atoms with Crippen molar-refractivity contribution >= 4 is 28.2 Å². The quantitative estimate of drug-likeness (QED) is 0.659. The van der Waals surface area contributed by atoms with Gasteiger partial charge < -0.3 is 19.8 Å². The molecule has 28 heavy (non-hydrogen) atoms. The van der Waals surface area contributed by atoms with Gasteiger partial charge in [-0.2, -0.15) is 0 Å². The molecule has 0 spiro atoms. The lowest BCUT2D eigenvalue weighted by atomic mass is 10.0. The van der Waals surface area contributed by atoms with Crippen LogP contribution in [0, 0.1) is 0 Å². The van der Waals surface area contributed by atoms with Crippen molar-refractivity contribution in [3.05, 3.63) is 65.4 Å². The highest BCUT2D eigenvalue weighted by Crippen LogP contribution is 2.36. The molecule has 1 aliphatic heterocycles. The molecule has 2 aromatic heterocycles. The summed E-state index contributed by atoms with van der Waals surface area (Å²) in [5.41, 5.74) is 2.15. The molecule has 6 nitrogen and oxygen atoms in total. The lowest BCUT2D eigenvalue weighted by Gasteiger charge is -2.12. The summed E-state index contributed by atoms with van der Waals surface area (Å²) < 4.78 is 10.7. The van der Waals surface area contributed by atoms with E-state index >= 15 is 0 Å². The predicted molar refractivity (Wildman–Crippen MR) is 107 cm³/mol. The van der Waals surface area contributed by atoms with Crippen molar-refractivity contribution in [3.63, 3.8) is 0 Å². The minimum absolute atomic E-state index is 0.209. The van der Waals surface area contributed by atoms with Crippen LogP contribution in [-0.2, 0) is 16.1 Å². The highest BCUT2D eigenvalue weighted by Gasteiger charge is 2.27. The molecular weight excluding hydrogens is 376 g/mol. The monoisotopic (exact) mass is 396 g/mol. The number of carbonyl (C=O) groups is 2. The van der Waals surface area contributed by atoms with Crippen LogP contribution in [0.15, 0.2) is 58.5 Å². The van der Waals surface area contributed by atoms with Gasteiger partial charge in [-0.1, -0.05) is 30.3 Å². The van der Waals surface area contributed by atoms with Crippen LogP contribution in [-0.4, -0.2) is 24.5 Å². The molecule has 3 aromatic rings. The molecule has 1 aromatic carbocycles. The highest BCUT2D eigenvalue weighted by atomic mass is 32.1. The van der Waals surface area contributed by atoms with Crippen LogP contribution >= 0.6 is 11.3 Å². The first kappa shape index (κ1) is 18.5. The third kappa shape index (κ3) is 4.00. The van der Waals surface area contributed by atoms with E-state index in [2.05, 4.69) is 10.6 Å². The van der Waals surface area contributed by atoms with Gasteiger partial charge in [-0.05, 0) is 30.5 Å². The summed E-state index contributed by atoms with van der Waals surface area (Å²) >= 11 is 1.34.